The molecule has 4 nitrogen and oxygen atoms in total. The van der Waals surface area contributed by atoms with E-state index in [4.69, 9.17) is 9.15 Å². The van der Waals surface area contributed by atoms with Crippen LogP contribution in [0.3, 0.4) is 0 Å². The van der Waals surface area contributed by atoms with Gasteiger partial charge < -0.3 is 9.15 Å². The molecule has 0 bridgehead atoms. The first kappa shape index (κ1) is 11.1. The first-order valence-corrected chi connectivity index (χ1v) is 5.04. The fourth-order valence-electron chi connectivity index (χ4n) is 1.30. The van der Waals surface area contributed by atoms with Gasteiger partial charge in [-0.05, 0) is 36.4 Å². The Labute approximate surface area is 97.8 Å². The topological polar surface area (TPSA) is 56.5 Å². The lowest BCUT2D eigenvalue weighted by Crippen LogP contribution is -2.10. The van der Waals surface area contributed by atoms with Crippen molar-refractivity contribution < 1.29 is 18.7 Å². The van der Waals surface area contributed by atoms with Crippen LogP contribution in [0.5, 0.6) is 5.75 Å². The molecule has 17 heavy (non-hydrogen) atoms. The Balaban J connectivity index is 1.93. The van der Waals surface area contributed by atoms with E-state index in [1.807, 2.05) is 0 Å². The molecule has 0 saturated heterocycles. The average Bonchev–Trinajstić information content (AvgIpc) is 2.90. The van der Waals surface area contributed by atoms with Gasteiger partial charge >= 0.3 is 0 Å². The van der Waals surface area contributed by atoms with Crippen LogP contribution < -0.4 is 4.74 Å². The maximum absolute atomic E-state index is 11.5. The summed E-state index contributed by atoms with van der Waals surface area (Å²) in [6, 6.07) is 9.75. The number of furan rings is 1. The fourth-order valence-corrected chi connectivity index (χ4v) is 1.30. The normalized spacial score (nSPS) is 9.88. The molecule has 0 spiro atoms. The van der Waals surface area contributed by atoms with E-state index in [9.17, 15) is 9.59 Å². The number of hydrogen-bond acceptors (Lipinski definition) is 4. The minimum absolute atomic E-state index is 0.0893. The summed E-state index contributed by atoms with van der Waals surface area (Å²) in [6.07, 6.45) is 2.18. The lowest BCUT2D eigenvalue weighted by Gasteiger charge is -2.03. The number of carbonyl (C=O) groups is 2. The minimum atomic E-state index is -0.227. The number of ketones is 1. The number of rotatable bonds is 5. The summed E-state index contributed by atoms with van der Waals surface area (Å²) >= 11 is 0. The summed E-state index contributed by atoms with van der Waals surface area (Å²) in [4.78, 5) is 22.0. The summed E-state index contributed by atoms with van der Waals surface area (Å²) in [5.74, 6) is 0.583. The van der Waals surface area contributed by atoms with Crippen LogP contribution in [0.1, 0.15) is 20.9 Å². The first-order chi connectivity index (χ1) is 8.29. The monoisotopic (exact) mass is 230 g/mol. The number of hydrogen-bond donors (Lipinski definition) is 0. The molecule has 0 atom stereocenters. The second kappa shape index (κ2) is 5.12. The molecule has 0 saturated carbocycles. The number of aldehydes is 1. The van der Waals surface area contributed by atoms with E-state index >= 15 is 0 Å². The van der Waals surface area contributed by atoms with Crippen molar-refractivity contribution in [3.8, 4) is 5.75 Å². The third-order valence-electron chi connectivity index (χ3n) is 2.18. The lowest BCUT2D eigenvalue weighted by atomic mass is 10.2. The smallest absolute Gasteiger partial charge is 0.235 e. The summed E-state index contributed by atoms with van der Waals surface area (Å²) < 4.78 is 10.2. The molecule has 2 aromatic rings. The van der Waals surface area contributed by atoms with Gasteiger partial charge in [0.25, 0.3) is 0 Å². The highest BCUT2D eigenvalue weighted by Crippen LogP contribution is 2.11. The fraction of sp³-hybridized carbons (Fsp3) is 0.0769. The first-order valence-electron chi connectivity index (χ1n) is 5.04. The molecule has 1 aromatic carbocycles. The molecular formula is C13H10O4. The summed E-state index contributed by atoms with van der Waals surface area (Å²) in [7, 11) is 0. The van der Waals surface area contributed by atoms with Gasteiger partial charge in [-0.25, -0.2) is 0 Å². The van der Waals surface area contributed by atoms with E-state index in [1.165, 1.54) is 6.26 Å². The number of benzene rings is 1. The zero-order valence-corrected chi connectivity index (χ0v) is 8.96. The highest BCUT2D eigenvalue weighted by atomic mass is 16.5. The molecule has 0 N–H and O–H groups in total. The molecule has 0 radical (unpaired) electrons. The SMILES string of the molecule is O=Cc1ccc(OCC(=O)c2ccco2)cc1. The molecule has 1 heterocycles. The molecule has 86 valence electrons. The highest BCUT2D eigenvalue weighted by molar-refractivity contribution is 5.94. The highest BCUT2D eigenvalue weighted by Gasteiger charge is 2.09. The van der Waals surface area contributed by atoms with Gasteiger partial charge in [0.2, 0.25) is 5.78 Å². The van der Waals surface area contributed by atoms with E-state index in [0.29, 0.717) is 11.3 Å². The van der Waals surface area contributed by atoms with Crippen LogP contribution in [-0.2, 0) is 0 Å². The molecular weight excluding hydrogens is 220 g/mol. The second-order valence-corrected chi connectivity index (χ2v) is 3.38. The van der Waals surface area contributed by atoms with E-state index in [1.54, 1.807) is 36.4 Å². The maximum Gasteiger partial charge on any atom is 0.235 e. The third-order valence-corrected chi connectivity index (χ3v) is 2.18. The predicted molar refractivity (Wildman–Crippen MR) is 60.4 cm³/mol. The Kier molecular flexibility index (Phi) is 3.35. The van der Waals surface area contributed by atoms with Gasteiger partial charge in [-0.2, -0.15) is 0 Å². The van der Waals surface area contributed by atoms with Crippen LogP contribution >= 0.6 is 0 Å². The molecule has 4 heteroatoms. The van der Waals surface area contributed by atoms with Crippen molar-refractivity contribution in [2.45, 2.75) is 0 Å². The molecule has 1 aromatic heterocycles. The van der Waals surface area contributed by atoms with Crippen LogP contribution in [0.2, 0.25) is 0 Å². The molecule has 0 fully saturated rings. The Morgan fingerprint density at radius 2 is 2.00 bits per heavy atom. The Morgan fingerprint density at radius 1 is 1.24 bits per heavy atom. The van der Waals surface area contributed by atoms with Crippen LogP contribution in [0.4, 0.5) is 0 Å². The van der Waals surface area contributed by atoms with E-state index < -0.39 is 0 Å². The third kappa shape index (κ3) is 2.81. The zero-order valence-electron chi connectivity index (χ0n) is 8.96. The molecule has 0 aliphatic heterocycles. The molecule has 0 aliphatic rings. The van der Waals surface area contributed by atoms with Gasteiger partial charge in [0.05, 0.1) is 6.26 Å². The zero-order chi connectivity index (χ0) is 12.1. The van der Waals surface area contributed by atoms with Crippen LogP contribution in [0, 0.1) is 0 Å². The van der Waals surface area contributed by atoms with Gasteiger partial charge in [-0.1, -0.05) is 0 Å². The van der Waals surface area contributed by atoms with Crippen LogP contribution in [-0.4, -0.2) is 18.7 Å². The molecule has 0 amide bonds. The van der Waals surface area contributed by atoms with Crippen LogP contribution in [0.25, 0.3) is 0 Å². The minimum Gasteiger partial charge on any atom is -0.485 e. The van der Waals surface area contributed by atoms with Crippen molar-refractivity contribution in [2.75, 3.05) is 6.61 Å². The van der Waals surface area contributed by atoms with Crippen molar-refractivity contribution in [1.29, 1.82) is 0 Å². The summed E-state index contributed by atoms with van der Waals surface area (Å²) in [6.45, 7) is -0.0893. The summed E-state index contributed by atoms with van der Waals surface area (Å²) in [5, 5.41) is 0. The Bertz CT molecular complexity index is 497. The molecule has 0 aliphatic carbocycles. The molecule has 0 unspecified atom stereocenters. The van der Waals surface area contributed by atoms with Gasteiger partial charge in [0, 0.05) is 5.56 Å². The number of Topliss-reactive ketones (excluding diaryl/α,β-unsaturated/α-hetero) is 1. The van der Waals surface area contributed by atoms with Crippen molar-refractivity contribution in [2.24, 2.45) is 0 Å². The summed E-state index contributed by atoms with van der Waals surface area (Å²) in [5.41, 5.74) is 0.565. The number of carbonyl (C=O) groups excluding carboxylic acids is 2. The van der Waals surface area contributed by atoms with E-state index in [-0.39, 0.29) is 18.2 Å². The maximum atomic E-state index is 11.5. The van der Waals surface area contributed by atoms with Crippen molar-refractivity contribution >= 4 is 12.1 Å². The number of ether oxygens (including phenoxy) is 1. The van der Waals surface area contributed by atoms with Crippen molar-refractivity contribution in [1.82, 2.24) is 0 Å². The Morgan fingerprint density at radius 3 is 2.59 bits per heavy atom. The van der Waals surface area contributed by atoms with Crippen molar-refractivity contribution in [3.63, 3.8) is 0 Å². The van der Waals surface area contributed by atoms with Gasteiger partial charge in [-0.15, -0.1) is 0 Å². The average molecular weight is 230 g/mol. The standard InChI is InChI=1S/C13H10O4/c14-8-10-3-5-11(6-4-10)17-9-12(15)13-2-1-7-16-13/h1-8H,9H2. The molecule has 2 rings (SSSR count). The van der Waals surface area contributed by atoms with Gasteiger partial charge in [0.15, 0.2) is 12.4 Å². The lowest BCUT2D eigenvalue weighted by molar-refractivity contribution is 0.0893. The van der Waals surface area contributed by atoms with E-state index in [0.717, 1.165) is 6.29 Å². The van der Waals surface area contributed by atoms with Gasteiger partial charge in [0.1, 0.15) is 12.0 Å². The van der Waals surface area contributed by atoms with E-state index in [2.05, 4.69) is 0 Å². The second-order valence-electron chi connectivity index (χ2n) is 3.38. The van der Waals surface area contributed by atoms with Gasteiger partial charge in [-0.3, -0.25) is 9.59 Å². The van der Waals surface area contributed by atoms with Crippen molar-refractivity contribution in [3.05, 3.63) is 54.0 Å². The quantitative estimate of drug-likeness (QED) is 0.584. The Hall–Kier alpha value is -2.36. The predicted octanol–water partition coefficient (Wildman–Crippen LogP) is 2.35. The largest absolute Gasteiger partial charge is 0.485 e. The van der Waals surface area contributed by atoms with Crippen LogP contribution in [0.15, 0.2) is 47.1 Å².